The first-order valence-corrected chi connectivity index (χ1v) is 5.16. The maximum Gasteiger partial charge on any atom is 0.274 e. The molecule has 1 aromatic heterocycles. The molecule has 5 heteroatoms. The summed E-state index contributed by atoms with van der Waals surface area (Å²) in [7, 11) is 0. The summed E-state index contributed by atoms with van der Waals surface area (Å²) in [6, 6.07) is 0. The Balaban J connectivity index is 2.94. The SMILES string of the molecule is CCCNc1nnc(C(C)(C)C)c(=O)[nH]1. The fourth-order valence-electron chi connectivity index (χ4n) is 1.15. The third kappa shape index (κ3) is 3.04. The first-order chi connectivity index (χ1) is 6.95. The zero-order valence-electron chi connectivity index (χ0n) is 9.72. The van der Waals surface area contributed by atoms with Gasteiger partial charge in [0.1, 0.15) is 5.69 Å². The lowest BCUT2D eigenvalue weighted by Gasteiger charge is -2.15. The molecular weight excluding hydrogens is 192 g/mol. The second kappa shape index (κ2) is 4.42. The fourth-order valence-corrected chi connectivity index (χ4v) is 1.15. The minimum absolute atomic E-state index is 0.170. The van der Waals surface area contributed by atoms with Crippen molar-refractivity contribution in [3.8, 4) is 0 Å². The summed E-state index contributed by atoms with van der Waals surface area (Å²) in [5.74, 6) is 0.440. The Morgan fingerprint density at radius 2 is 2.00 bits per heavy atom. The molecule has 0 amide bonds. The van der Waals surface area contributed by atoms with Gasteiger partial charge in [-0.3, -0.25) is 9.78 Å². The smallest absolute Gasteiger partial charge is 0.274 e. The number of aromatic amines is 1. The van der Waals surface area contributed by atoms with E-state index in [9.17, 15) is 4.79 Å². The molecule has 0 fully saturated rings. The third-order valence-corrected chi connectivity index (χ3v) is 1.95. The molecule has 0 unspecified atom stereocenters. The lowest BCUT2D eigenvalue weighted by atomic mass is 9.93. The molecule has 0 spiro atoms. The molecule has 0 saturated heterocycles. The van der Waals surface area contributed by atoms with E-state index in [1.165, 1.54) is 0 Å². The van der Waals surface area contributed by atoms with Crippen molar-refractivity contribution < 1.29 is 0 Å². The molecular formula is C10H18N4O. The molecule has 5 nitrogen and oxygen atoms in total. The number of hydrogen-bond acceptors (Lipinski definition) is 4. The predicted molar refractivity (Wildman–Crippen MR) is 60.1 cm³/mol. The monoisotopic (exact) mass is 210 g/mol. The quantitative estimate of drug-likeness (QED) is 0.788. The van der Waals surface area contributed by atoms with Crippen LogP contribution in [0.3, 0.4) is 0 Å². The van der Waals surface area contributed by atoms with Gasteiger partial charge in [0.15, 0.2) is 0 Å². The summed E-state index contributed by atoms with van der Waals surface area (Å²) in [6.45, 7) is 8.63. The highest BCUT2D eigenvalue weighted by Crippen LogP contribution is 2.15. The molecule has 0 saturated carbocycles. The van der Waals surface area contributed by atoms with Gasteiger partial charge < -0.3 is 5.32 Å². The Hall–Kier alpha value is -1.39. The summed E-state index contributed by atoms with van der Waals surface area (Å²) in [6.07, 6.45) is 0.977. The van der Waals surface area contributed by atoms with Crippen molar-refractivity contribution in [2.24, 2.45) is 0 Å². The molecule has 0 radical (unpaired) electrons. The summed E-state index contributed by atoms with van der Waals surface area (Å²) < 4.78 is 0. The van der Waals surface area contributed by atoms with Crippen LogP contribution in [0.15, 0.2) is 4.79 Å². The molecule has 0 aliphatic rings. The van der Waals surface area contributed by atoms with Crippen LogP contribution in [0.1, 0.15) is 39.8 Å². The van der Waals surface area contributed by atoms with Crippen molar-refractivity contribution in [2.75, 3.05) is 11.9 Å². The van der Waals surface area contributed by atoms with Crippen LogP contribution in [0.2, 0.25) is 0 Å². The zero-order chi connectivity index (χ0) is 11.5. The fraction of sp³-hybridized carbons (Fsp3) is 0.700. The van der Waals surface area contributed by atoms with E-state index in [0.29, 0.717) is 11.6 Å². The van der Waals surface area contributed by atoms with E-state index in [4.69, 9.17) is 0 Å². The molecule has 2 N–H and O–H groups in total. The van der Waals surface area contributed by atoms with Gasteiger partial charge in [0, 0.05) is 12.0 Å². The highest BCUT2D eigenvalue weighted by Gasteiger charge is 2.20. The van der Waals surface area contributed by atoms with E-state index in [0.717, 1.165) is 13.0 Å². The average molecular weight is 210 g/mol. The van der Waals surface area contributed by atoms with E-state index < -0.39 is 0 Å². The average Bonchev–Trinajstić information content (AvgIpc) is 2.12. The van der Waals surface area contributed by atoms with Crippen LogP contribution in [0, 0.1) is 0 Å². The number of anilines is 1. The van der Waals surface area contributed by atoms with Gasteiger partial charge in [-0.1, -0.05) is 27.7 Å². The number of rotatable bonds is 3. The second-order valence-corrected chi connectivity index (χ2v) is 4.53. The number of aromatic nitrogens is 3. The second-order valence-electron chi connectivity index (χ2n) is 4.53. The molecule has 1 heterocycles. The Bertz CT molecular complexity index is 378. The van der Waals surface area contributed by atoms with E-state index >= 15 is 0 Å². The molecule has 84 valence electrons. The molecule has 1 rings (SSSR count). The number of hydrogen-bond donors (Lipinski definition) is 2. The van der Waals surface area contributed by atoms with E-state index in [2.05, 4.69) is 20.5 Å². The predicted octanol–water partition coefficient (Wildman–Crippen LogP) is 1.28. The van der Waals surface area contributed by atoms with Crippen LogP contribution in [-0.2, 0) is 5.41 Å². The lowest BCUT2D eigenvalue weighted by Crippen LogP contribution is -2.28. The largest absolute Gasteiger partial charge is 0.354 e. The molecule has 0 bridgehead atoms. The van der Waals surface area contributed by atoms with Gasteiger partial charge in [-0.25, -0.2) is 0 Å². The minimum atomic E-state index is -0.274. The van der Waals surface area contributed by atoms with Gasteiger partial charge in [-0.15, -0.1) is 10.2 Å². The summed E-state index contributed by atoms with van der Waals surface area (Å²) in [4.78, 5) is 14.3. The highest BCUT2D eigenvalue weighted by atomic mass is 16.1. The van der Waals surface area contributed by atoms with Gasteiger partial charge in [-0.05, 0) is 6.42 Å². The van der Waals surface area contributed by atoms with Gasteiger partial charge in [-0.2, -0.15) is 0 Å². The molecule has 0 aliphatic heterocycles. The van der Waals surface area contributed by atoms with Crippen molar-refractivity contribution >= 4 is 5.95 Å². The first-order valence-electron chi connectivity index (χ1n) is 5.16. The van der Waals surface area contributed by atoms with Crippen LogP contribution in [0.5, 0.6) is 0 Å². The molecule has 0 atom stereocenters. The van der Waals surface area contributed by atoms with E-state index in [1.807, 2.05) is 27.7 Å². The van der Waals surface area contributed by atoms with Crippen molar-refractivity contribution in [1.29, 1.82) is 0 Å². The van der Waals surface area contributed by atoms with Crippen molar-refractivity contribution in [3.05, 3.63) is 16.0 Å². The molecule has 1 aromatic rings. The first kappa shape index (κ1) is 11.7. The molecule has 0 aliphatic carbocycles. The lowest BCUT2D eigenvalue weighted by molar-refractivity contribution is 0.547. The highest BCUT2D eigenvalue weighted by molar-refractivity contribution is 5.22. The van der Waals surface area contributed by atoms with Gasteiger partial charge in [0.2, 0.25) is 5.95 Å². The van der Waals surface area contributed by atoms with Crippen LogP contribution in [-0.4, -0.2) is 21.7 Å². The van der Waals surface area contributed by atoms with Crippen molar-refractivity contribution in [3.63, 3.8) is 0 Å². The summed E-state index contributed by atoms with van der Waals surface area (Å²) in [5, 5.41) is 10.9. The zero-order valence-corrected chi connectivity index (χ0v) is 9.72. The van der Waals surface area contributed by atoms with Gasteiger partial charge in [0.25, 0.3) is 5.56 Å². The molecule has 0 aromatic carbocycles. The van der Waals surface area contributed by atoms with Gasteiger partial charge >= 0.3 is 0 Å². The topological polar surface area (TPSA) is 70.7 Å². The Kier molecular flexibility index (Phi) is 3.44. The Morgan fingerprint density at radius 1 is 1.33 bits per heavy atom. The van der Waals surface area contributed by atoms with Crippen molar-refractivity contribution in [2.45, 2.75) is 39.5 Å². The van der Waals surface area contributed by atoms with Crippen LogP contribution < -0.4 is 10.9 Å². The Morgan fingerprint density at radius 3 is 2.47 bits per heavy atom. The van der Waals surface area contributed by atoms with E-state index in [1.54, 1.807) is 0 Å². The summed E-state index contributed by atoms with van der Waals surface area (Å²) in [5.41, 5.74) is 0.0183. The summed E-state index contributed by atoms with van der Waals surface area (Å²) >= 11 is 0. The van der Waals surface area contributed by atoms with E-state index in [-0.39, 0.29) is 11.0 Å². The maximum atomic E-state index is 11.7. The van der Waals surface area contributed by atoms with Crippen LogP contribution in [0.4, 0.5) is 5.95 Å². The normalized spacial score (nSPS) is 11.5. The van der Waals surface area contributed by atoms with Crippen LogP contribution in [0.25, 0.3) is 0 Å². The number of nitrogens with zero attached hydrogens (tertiary/aromatic N) is 2. The molecule has 15 heavy (non-hydrogen) atoms. The minimum Gasteiger partial charge on any atom is -0.354 e. The van der Waals surface area contributed by atoms with Gasteiger partial charge in [0.05, 0.1) is 0 Å². The number of nitrogens with one attached hydrogen (secondary N) is 2. The van der Waals surface area contributed by atoms with Crippen molar-refractivity contribution in [1.82, 2.24) is 15.2 Å². The standard InChI is InChI=1S/C10H18N4O/c1-5-6-11-9-12-8(15)7(13-14-9)10(2,3)4/h5-6H2,1-4H3,(H2,11,12,14,15). The third-order valence-electron chi connectivity index (χ3n) is 1.95. The number of H-pyrrole nitrogens is 1. The Labute approximate surface area is 89.3 Å². The maximum absolute atomic E-state index is 11.7. The van der Waals surface area contributed by atoms with Crippen LogP contribution >= 0.6 is 0 Å².